The predicted molar refractivity (Wildman–Crippen MR) is 108 cm³/mol. The van der Waals surface area contributed by atoms with Gasteiger partial charge in [0.15, 0.2) is 5.82 Å². The van der Waals surface area contributed by atoms with E-state index in [-0.39, 0.29) is 18.1 Å². The summed E-state index contributed by atoms with van der Waals surface area (Å²) in [5.74, 6) is 0.867. The highest BCUT2D eigenvalue weighted by atomic mass is 16.5. The molecule has 0 aliphatic heterocycles. The lowest BCUT2D eigenvalue weighted by atomic mass is 10.1. The molecule has 0 fully saturated rings. The van der Waals surface area contributed by atoms with E-state index in [0.29, 0.717) is 23.7 Å². The third-order valence-electron chi connectivity index (χ3n) is 4.60. The molecule has 6 nitrogen and oxygen atoms in total. The fraction of sp³-hybridized carbons (Fsp3) is 0.227. The lowest BCUT2D eigenvalue weighted by Gasteiger charge is -2.11. The minimum Gasteiger partial charge on any atom is -0.493 e. The third kappa shape index (κ3) is 4.46. The Morgan fingerprint density at radius 1 is 1.11 bits per heavy atom. The lowest BCUT2D eigenvalue weighted by Crippen LogP contribution is -2.15. The molecular weight excluding hydrogens is 354 g/mol. The molecule has 0 saturated heterocycles. The summed E-state index contributed by atoms with van der Waals surface area (Å²) in [4.78, 5) is 28.6. The number of carbonyl (C=O) groups is 2. The fourth-order valence-electron chi connectivity index (χ4n) is 2.78. The molecule has 1 amide bonds. The standard InChI is InChI=1S/C22H23N3O3/c1-15-5-4-6-19(16(15)2)28-14-11-20(26)24-18-9-7-17(8-10-18)21(27)22-23-12-13-25(22)3/h4-10,12-13H,11,14H2,1-3H3,(H,24,26). The van der Waals surface area contributed by atoms with E-state index in [1.165, 1.54) is 0 Å². The first-order chi connectivity index (χ1) is 13.5. The van der Waals surface area contributed by atoms with Crippen molar-refractivity contribution in [3.8, 4) is 5.75 Å². The van der Waals surface area contributed by atoms with Crippen LogP contribution in [0.4, 0.5) is 5.69 Å². The van der Waals surface area contributed by atoms with Gasteiger partial charge in [0, 0.05) is 30.7 Å². The van der Waals surface area contributed by atoms with E-state index in [9.17, 15) is 9.59 Å². The summed E-state index contributed by atoms with van der Waals surface area (Å²) in [5, 5.41) is 2.82. The molecule has 3 rings (SSSR count). The van der Waals surface area contributed by atoms with E-state index in [4.69, 9.17) is 4.74 Å². The molecule has 144 valence electrons. The van der Waals surface area contributed by atoms with Crippen LogP contribution in [0.1, 0.15) is 33.7 Å². The van der Waals surface area contributed by atoms with Crippen molar-refractivity contribution in [1.29, 1.82) is 0 Å². The quantitative estimate of drug-likeness (QED) is 0.638. The topological polar surface area (TPSA) is 73.2 Å². The molecule has 1 N–H and O–H groups in total. The lowest BCUT2D eigenvalue weighted by molar-refractivity contribution is -0.116. The average molecular weight is 377 g/mol. The zero-order valence-electron chi connectivity index (χ0n) is 16.2. The molecule has 0 radical (unpaired) electrons. The van der Waals surface area contributed by atoms with Crippen molar-refractivity contribution in [2.24, 2.45) is 7.05 Å². The van der Waals surface area contributed by atoms with Crippen LogP contribution in [0.2, 0.25) is 0 Å². The Bertz CT molecular complexity index is 991. The first-order valence-electron chi connectivity index (χ1n) is 9.06. The molecule has 0 aliphatic rings. The van der Waals surface area contributed by atoms with E-state index < -0.39 is 0 Å². The SMILES string of the molecule is Cc1cccc(OCCC(=O)Nc2ccc(C(=O)c3nccn3C)cc2)c1C. The van der Waals surface area contributed by atoms with Crippen LogP contribution in [0.3, 0.4) is 0 Å². The first-order valence-corrected chi connectivity index (χ1v) is 9.06. The molecule has 0 aliphatic carbocycles. The van der Waals surface area contributed by atoms with Gasteiger partial charge in [-0.05, 0) is 55.3 Å². The number of aryl methyl sites for hydroxylation is 2. The summed E-state index contributed by atoms with van der Waals surface area (Å²) in [7, 11) is 1.77. The van der Waals surface area contributed by atoms with Crippen LogP contribution in [-0.4, -0.2) is 27.8 Å². The second-order valence-corrected chi connectivity index (χ2v) is 6.61. The van der Waals surface area contributed by atoms with Gasteiger partial charge < -0.3 is 14.6 Å². The number of nitrogens with zero attached hydrogens (tertiary/aromatic N) is 2. The minimum atomic E-state index is -0.160. The van der Waals surface area contributed by atoms with Crippen molar-refractivity contribution in [2.75, 3.05) is 11.9 Å². The Kier molecular flexibility index (Phi) is 5.89. The molecule has 3 aromatic rings. The summed E-state index contributed by atoms with van der Waals surface area (Å²) in [6, 6.07) is 12.6. The average Bonchev–Trinajstić information content (AvgIpc) is 3.11. The van der Waals surface area contributed by atoms with Crippen molar-refractivity contribution in [3.05, 3.63) is 77.4 Å². The van der Waals surface area contributed by atoms with Crippen LogP contribution >= 0.6 is 0 Å². The predicted octanol–water partition coefficient (Wildman–Crippen LogP) is 3.68. The molecule has 1 aromatic heterocycles. The Morgan fingerprint density at radius 3 is 2.54 bits per heavy atom. The fourth-order valence-corrected chi connectivity index (χ4v) is 2.78. The summed E-state index contributed by atoms with van der Waals surface area (Å²) in [6.45, 7) is 4.32. The number of amides is 1. The molecule has 0 bridgehead atoms. The maximum atomic E-state index is 12.4. The summed E-state index contributed by atoms with van der Waals surface area (Å²) < 4.78 is 7.39. The zero-order valence-corrected chi connectivity index (χ0v) is 16.2. The van der Waals surface area contributed by atoms with Crippen molar-refractivity contribution in [2.45, 2.75) is 20.3 Å². The van der Waals surface area contributed by atoms with Gasteiger partial charge in [-0.15, -0.1) is 0 Å². The number of nitrogens with one attached hydrogen (secondary N) is 1. The molecule has 6 heteroatoms. The van der Waals surface area contributed by atoms with Gasteiger partial charge in [0.2, 0.25) is 11.7 Å². The minimum absolute atomic E-state index is 0.145. The van der Waals surface area contributed by atoms with Gasteiger partial charge in [-0.25, -0.2) is 4.98 Å². The second-order valence-electron chi connectivity index (χ2n) is 6.61. The molecule has 2 aromatic carbocycles. The highest BCUT2D eigenvalue weighted by Gasteiger charge is 2.13. The van der Waals surface area contributed by atoms with Crippen LogP contribution in [-0.2, 0) is 11.8 Å². The maximum Gasteiger partial charge on any atom is 0.228 e. The van der Waals surface area contributed by atoms with Crippen molar-refractivity contribution >= 4 is 17.4 Å². The number of imidazole rings is 1. The second kappa shape index (κ2) is 8.52. The number of hydrogen-bond acceptors (Lipinski definition) is 4. The van der Waals surface area contributed by atoms with Crippen molar-refractivity contribution in [3.63, 3.8) is 0 Å². The Morgan fingerprint density at radius 2 is 1.86 bits per heavy atom. The number of ether oxygens (including phenoxy) is 1. The highest BCUT2D eigenvalue weighted by Crippen LogP contribution is 2.20. The Hall–Kier alpha value is -3.41. The Labute approximate surface area is 164 Å². The number of rotatable bonds is 7. The molecular formula is C22H23N3O3. The van der Waals surface area contributed by atoms with E-state index >= 15 is 0 Å². The normalized spacial score (nSPS) is 10.5. The smallest absolute Gasteiger partial charge is 0.228 e. The third-order valence-corrected chi connectivity index (χ3v) is 4.60. The first kappa shape index (κ1) is 19.4. The number of anilines is 1. The largest absolute Gasteiger partial charge is 0.493 e. The number of benzene rings is 2. The zero-order chi connectivity index (χ0) is 20.1. The van der Waals surface area contributed by atoms with E-state index in [2.05, 4.69) is 10.3 Å². The maximum absolute atomic E-state index is 12.4. The van der Waals surface area contributed by atoms with E-state index in [1.807, 2.05) is 32.0 Å². The molecule has 28 heavy (non-hydrogen) atoms. The number of hydrogen-bond donors (Lipinski definition) is 1. The molecule has 0 spiro atoms. The Balaban J connectivity index is 1.52. The molecule has 0 unspecified atom stereocenters. The van der Waals surface area contributed by atoms with Gasteiger partial charge >= 0.3 is 0 Å². The van der Waals surface area contributed by atoms with Crippen molar-refractivity contribution < 1.29 is 14.3 Å². The van der Waals surface area contributed by atoms with E-state index in [0.717, 1.165) is 16.9 Å². The molecule has 1 heterocycles. The summed E-state index contributed by atoms with van der Waals surface area (Å²) in [6.07, 6.45) is 3.55. The van der Waals surface area contributed by atoms with E-state index in [1.54, 1.807) is 48.3 Å². The van der Waals surface area contributed by atoms with Crippen LogP contribution in [0.25, 0.3) is 0 Å². The number of aromatic nitrogens is 2. The summed E-state index contributed by atoms with van der Waals surface area (Å²) >= 11 is 0. The van der Waals surface area contributed by atoms with Gasteiger partial charge in [-0.1, -0.05) is 12.1 Å². The van der Waals surface area contributed by atoms with Crippen LogP contribution in [0.5, 0.6) is 5.75 Å². The summed E-state index contributed by atoms with van der Waals surface area (Å²) in [5.41, 5.74) is 3.39. The van der Waals surface area contributed by atoms with Crippen molar-refractivity contribution in [1.82, 2.24) is 9.55 Å². The van der Waals surface area contributed by atoms with Crippen LogP contribution < -0.4 is 10.1 Å². The molecule has 0 atom stereocenters. The monoisotopic (exact) mass is 377 g/mol. The van der Waals surface area contributed by atoms with Crippen LogP contribution in [0, 0.1) is 13.8 Å². The number of ketones is 1. The highest BCUT2D eigenvalue weighted by molar-refractivity contribution is 6.07. The molecule has 0 saturated carbocycles. The van der Waals surface area contributed by atoms with Gasteiger partial charge in [0.25, 0.3) is 0 Å². The van der Waals surface area contributed by atoms with Gasteiger partial charge in [-0.2, -0.15) is 0 Å². The van der Waals surface area contributed by atoms with Gasteiger partial charge in [0.05, 0.1) is 13.0 Å². The van der Waals surface area contributed by atoms with Gasteiger partial charge in [-0.3, -0.25) is 9.59 Å². The van der Waals surface area contributed by atoms with Crippen LogP contribution in [0.15, 0.2) is 54.9 Å². The number of carbonyl (C=O) groups excluding carboxylic acids is 2. The van der Waals surface area contributed by atoms with Gasteiger partial charge in [0.1, 0.15) is 5.75 Å².